The van der Waals surface area contributed by atoms with Crippen LogP contribution in [0.5, 0.6) is 0 Å². The largest absolute Gasteiger partial charge is 0.370 e. The van der Waals surface area contributed by atoms with E-state index in [9.17, 15) is 0 Å². The lowest BCUT2D eigenvalue weighted by atomic mass is 9.95. The summed E-state index contributed by atoms with van der Waals surface area (Å²) < 4.78 is 0. The Balaban J connectivity index is 1.38. The molecular weight excluding hydrogens is 332 g/mol. The van der Waals surface area contributed by atoms with Crippen molar-refractivity contribution >= 4 is 17.6 Å². The molecule has 1 saturated carbocycles. The van der Waals surface area contributed by atoms with E-state index in [-0.39, 0.29) is 0 Å². The number of aliphatic imine (C=N–C) groups is 1. The lowest BCUT2D eigenvalue weighted by molar-refractivity contribution is 0.180. The van der Waals surface area contributed by atoms with Crippen molar-refractivity contribution in [2.75, 3.05) is 19.6 Å². The SMILES string of the molecule is NC(=NCC1CCN(Cc2ccccc2Cl)CC1)NC1CCCCC1. The molecule has 0 atom stereocenters. The number of halogens is 1. The normalized spacial score (nSPS) is 21.4. The number of hydrogen-bond acceptors (Lipinski definition) is 2. The summed E-state index contributed by atoms with van der Waals surface area (Å²) in [7, 11) is 0. The molecule has 0 amide bonds. The first kappa shape index (κ1) is 18.5. The Kier molecular flexibility index (Phi) is 7.00. The number of nitrogens with two attached hydrogens (primary N) is 1. The van der Waals surface area contributed by atoms with E-state index < -0.39 is 0 Å². The van der Waals surface area contributed by atoms with Crippen molar-refractivity contribution in [1.82, 2.24) is 10.2 Å². The molecule has 1 heterocycles. The summed E-state index contributed by atoms with van der Waals surface area (Å²) in [5.74, 6) is 1.29. The van der Waals surface area contributed by atoms with Gasteiger partial charge in [-0.15, -0.1) is 0 Å². The van der Waals surface area contributed by atoms with Gasteiger partial charge in [-0.1, -0.05) is 49.1 Å². The van der Waals surface area contributed by atoms with Gasteiger partial charge in [0.05, 0.1) is 0 Å². The summed E-state index contributed by atoms with van der Waals surface area (Å²) >= 11 is 6.27. The van der Waals surface area contributed by atoms with Crippen LogP contribution in [-0.2, 0) is 6.54 Å². The lowest BCUT2D eigenvalue weighted by Crippen LogP contribution is -2.41. The van der Waals surface area contributed by atoms with Crippen molar-refractivity contribution in [1.29, 1.82) is 0 Å². The van der Waals surface area contributed by atoms with Gasteiger partial charge in [-0.25, -0.2) is 0 Å². The topological polar surface area (TPSA) is 53.6 Å². The zero-order chi connectivity index (χ0) is 17.5. The molecule has 0 radical (unpaired) electrons. The lowest BCUT2D eigenvalue weighted by Gasteiger charge is -2.31. The Morgan fingerprint density at radius 3 is 2.56 bits per heavy atom. The fourth-order valence-corrected chi connectivity index (χ4v) is 4.12. The molecule has 3 rings (SSSR count). The highest BCUT2D eigenvalue weighted by Crippen LogP contribution is 2.22. The number of nitrogens with zero attached hydrogens (tertiary/aromatic N) is 2. The third kappa shape index (κ3) is 5.89. The van der Waals surface area contributed by atoms with Crippen LogP contribution in [0.25, 0.3) is 0 Å². The minimum Gasteiger partial charge on any atom is -0.370 e. The summed E-state index contributed by atoms with van der Waals surface area (Å²) in [6.45, 7) is 4.02. The standard InChI is InChI=1S/C20H31ClN4/c21-19-9-5-4-6-17(19)15-25-12-10-16(11-13-25)14-23-20(22)24-18-7-2-1-3-8-18/h4-6,9,16,18H,1-3,7-8,10-15H2,(H3,22,23,24). The molecule has 1 saturated heterocycles. The summed E-state index contributed by atoms with van der Waals surface area (Å²) in [6, 6.07) is 8.68. The summed E-state index contributed by atoms with van der Waals surface area (Å²) in [6.07, 6.45) is 8.83. The average molecular weight is 363 g/mol. The molecule has 5 heteroatoms. The molecule has 4 nitrogen and oxygen atoms in total. The second kappa shape index (κ2) is 9.44. The smallest absolute Gasteiger partial charge is 0.188 e. The van der Waals surface area contributed by atoms with Gasteiger partial charge < -0.3 is 11.1 Å². The maximum Gasteiger partial charge on any atom is 0.188 e. The van der Waals surface area contributed by atoms with Crippen LogP contribution in [-0.4, -0.2) is 36.5 Å². The average Bonchev–Trinajstić information content (AvgIpc) is 2.64. The Labute approximate surface area is 156 Å². The van der Waals surface area contributed by atoms with Gasteiger partial charge in [0.15, 0.2) is 5.96 Å². The molecule has 25 heavy (non-hydrogen) atoms. The van der Waals surface area contributed by atoms with Crippen LogP contribution in [0.15, 0.2) is 29.3 Å². The summed E-state index contributed by atoms with van der Waals surface area (Å²) in [4.78, 5) is 7.10. The molecule has 0 unspecified atom stereocenters. The van der Waals surface area contributed by atoms with Crippen molar-refractivity contribution in [3.8, 4) is 0 Å². The highest BCUT2D eigenvalue weighted by atomic mass is 35.5. The molecule has 2 fully saturated rings. The third-order valence-corrected chi connectivity index (χ3v) is 5.90. The molecule has 1 aliphatic heterocycles. The first-order chi connectivity index (χ1) is 12.2. The van der Waals surface area contributed by atoms with E-state index in [1.807, 2.05) is 12.1 Å². The first-order valence-corrected chi connectivity index (χ1v) is 10.1. The van der Waals surface area contributed by atoms with Gasteiger partial charge in [0.2, 0.25) is 0 Å². The van der Waals surface area contributed by atoms with Crippen LogP contribution in [0, 0.1) is 5.92 Å². The third-order valence-electron chi connectivity index (χ3n) is 5.54. The molecule has 3 N–H and O–H groups in total. The molecular formula is C20H31ClN4. The molecule has 1 aromatic rings. The molecule has 1 aromatic carbocycles. The fourth-order valence-electron chi connectivity index (χ4n) is 3.92. The Bertz CT molecular complexity index is 561. The minimum atomic E-state index is 0.537. The zero-order valence-electron chi connectivity index (χ0n) is 15.1. The molecule has 2 aliphatic rings. The Morgan fingerprint density at radius 1 is 1.12 bits per heavy atom. The van der Waals surface area contributed by atoms with Crippen LogP contribution in [0.4, 0.5) is 0 Å². The highest BCUT2D eigenvalue weighted by Gasteiger charge is 2.20. The van der Waals surface area contributed by atoms with E-state index in [0.29, 0.717) is 17.9 Å². The van der Waals surface area contributed by atoms with E-state index in [1.165, 1.54) is 50.5 Å². The Hall–Kier alpha value is -1.26. The summed E-state index contributed by atoms with van der Waals surface area (Å²) in [5, 5.41) is 4.28. The van der Waals surface area contributed by atoms with Crippen molar-refractivity contribution < 1.29 is 0 Å². The molecule has 0 bridgehead atoms. The van der Waals surface area contributed by atoms with Gasteiger partial charge in [-0.3, -0.25) is 9.89 Å². The first-order valence-electron chi connectivity index (χ1n) is 9.73. The van der Waals surface area contributed by atoms with E-state index in [0.717, 1.165) is 31.2 Å². The number of benzene rings is 1. The van der Waals surface area contributed by atoms with Crippen molar-refractivity contribution in [3.05, 3.63) is 34.9 Å². The molecule has 1 aliphatic carbocycles. The minimum absolute atomic E-state index is 0.537. The van der Waals surface area contributed by atoms with Crippen LogP contribution in [0.2, 0.25) is 5.02 Å². The fraction of sp³-hybridized carbons (Fsp3) is 0.650. The van der Waals surface area contributed by atoms with Gasteiger partial charge in [-0.2, -0.15) is 0 Å². The van der Waals surface area contributed by atoms with Gasteiger partial charge in [0.25, 0.3) is 0 Å². The predicted molar refractivity (Wildman–Crippen MR) is 106 cm³/mol. The second-order valence-electron chi connectivity index (χ2n) is 7.52. The van der Waals surface area contributed by atoms with E-state index >= 15 is 0 Å². The van der Waals surface area contributed by atoms with Gasteiger partial charge in [0, 0.05) is 24.2 Å². The maximum atomic E-state index is 6.27. The number of rotatable bonds is 5. The van der Waals surface area contributed by atoms with Crippen molar-refractivity contribution in [3.63, 3.8) is 0 Å². The number of guanidine groups is 1. The van der Waals surface area contributed by atoms with Gasteiger partial charge in [-0.05, 0) is 56.3 Å². The maximum absolute atomic E-state index is 6.27. The van der Waals surface area contributed by atoms with E-state index in [4.69, 9.17) is 17.3 Å². The number of nitrogens with one attached hydrogen (secondary N) is 1. The van der Waals surface area contributed by atoms with Crippen LogP contribution in [0.3, 0.4) is 0 Å². The van der Waals surface area contributed by atoms with E-state index in [1.54, 1.807) is 0 Å². The predicted octanol–water partition coefficient (Wildman–Crippen LogP) is 3.79. The molecule has 138 valence electrons. The number of hydrogen-bond donors (Lipinski definition) is 2. The van der Waals surface area contributed by atoms with Crippen LogP contribution in [0.1, 0.15) is 50.5 Å². The van der Waals surface area contributed by atoms with Gasteiger partial charge >= 0.3 is 0 Å². The summed E-state index contributed by atoms with van der Waals surface area (Å²) in [5.41, 5.74) is 7.31. The van der Waals surface area contributed by atoms with Crippen LogP contribution >= 0.6 is 11.6 Å². The molecule has 0 spiro atoms. The van der Waals surface area contributed by atoms with E-state index in [2.05, 4.69) is 27.3 Å². The highest BCUT2D eigenvalue weighted by molar-refractivity contribution is 6.31. The van der Waals surface area contributed by atoms with Crippen LogP contribution < -0.4 is 11.1 Å². The number of piperidine rings is 1. The Morgan fingerprint density at radius 2 is 1.84 bits per heavy atom. The molecule has 0 aromatic heterocycles. The second-order valence-corrected chi connectivity index (χ2v) is 7.92. The number of likely N-dealkylation sites (tertiary alicyclic amines) is 1. The van der Waals surface area contributed by atoms with Crippen molar-refractivity contribution in [2.24, 2.45) is 16.6 Å². The van der Waals surface area contributed by atoms with Gasteiger partial charge in [0.1, 0.15) is 0 Å². The zero-order valence-corrected chi connectivity index (χ0v) is 15.8. The quantitative estimate of drug-likeness (QED) is 0.619. The monoisotopic (exact) mass is 362 g/mol. The van der Waals surface area contributed by atoms with Crippen molar-refractivity contribution in [2.45, 2.75) is 57.5 Å².